The first-order chi connectivity index (χ1) is 7.01. The van der Waals surface area contributed by atoms with Crippen LogP contribution in [-0.2, 0) is 10.0 Å². The van der Waals surface area contributed by atoms with Crippen molar-refractivity contribution >= 4 is 16.0 Å². The highest BCUT2D eigenvalue weighted by molar-refractivity contribution is 7.89. The number of nitrogens with zero attached hydrogens (tertiary/aromatic N) is 1. The van der Waals surface area contributed by atoms with E-state index in [0.29, 0.717) is 13.1 Å². The molecule has 0 unspecified atom stereocenters. The van der Waals surface area contributed by atoms with E-state index in [1.54, 1.807) is 0 Å². The van der Waals surface area contributed by atoms with E-state index >= 15 is 0 Å². The van der Waals surface area contributed by atoms with Crippen LogP contribution in [0, 0.1) is 0 Å². The van der Waals surface area contributed by atoms with Gasteiger partial charge >= 0.3 is 5.97 Å². The van der Waals surface area contributed by atoms with Crippen LogP contribution in [-0.4, -0.2) is 36.9 Å². The molecule has 15 heavy (non-hydrogen) atoms. The molecule has 1 aliphatic rings. The summed E-state index contributed by atoms with van der Waals surface area (Å²) < 4.78 is 29.4. The summed E-state index contributed by atoms with van der Waals surface area (Å²) in [5.74, 6) is -1.64. The normalized spacial score (nSPS) is 17.3. The molecule has 0 bridgehead atoms. The van der Waals surface area contributed by atoms with Gasteiger partial charge in [0.2, 0.25) is 10.9 Å². The maximum absolute atomic E-state index is 11.7. The Bertz CT molecular complexity index is 485. The van der Waals surface area contributed by atoms with Gasteiger partial charge < -0.3 is 9.52 Å². The predicted octanol–water partition coefficient (Wildman–Crippen LogP) is 0.372. The zero-order valence-corrected chi connectivity index (χ0v) is 8.53. The number of hydrogen-bond acceptors (Lipinski definition) is 4. The molecule has 1 saturated heterocycles. The van der Waals surface area contributed by atoms with Gasteiger partial charge in [-0.15, -0.1) is 0 Å². The van der Waals surface area contributed by atoms with Crippen molar-refractivity contribution < 1.29 is 22.7 Å². The van der Waals surface area contributed by atoms with Gasteiger partial charge in [-0.2, -0.15) is 4.31 Å². The van der Waals surface area contributed by atoms with Crippen molar-refractivity contribution in [1.29, 1.82) is 0 Å². The largest absolute Gasteiger partial charge is 0.475 e. The first-order valence-corrected chi connectivity index (χ1v) is 5.79. The number of furan rings is 1. The Hall–Kier alpha value is -1.34. The Labute approximate surface area is 86.2 Å². The minimum Gasteiger partial charge on any atom is -0.475 e. The zero-order chi connectivity index (χ0) is 11.1. The van der Waals surface area contributed by atoms with Crippen LogP contribution in [0.3, 0.4) is 0 Å². The number of carbonyl (C=O) groups is 1. The summed E-state index contributed by atoms with van der Waals surface area (Å²) in [6.07, 6.45) is 0.825. The summed E-state index contributed by atoms with van der Waals surface area (Å²) in [6.45, 7) is 0.927. The molecule has 2 rings (SSSR count). The van der Waals surface area contributed by atoms with Gasteiger partial charge in [-0.25, -0.2) is 13.2 Å². The number of sulfonamides is 1. The van der Waals surface area contributed by atoms with E-state index < -0.39 is 16.0 Å². The third kappa shape index (κ3) is 1.64. The fourth-order valence-electron chi connectivity index (χ4n) is 1.23. The highest BCUT2D eigenvalue weighted by Crippen LogP contribution is 2.22. The summed E-state index contributed by atoms with van der Waals surface area (Å²) in [4.78, 5) is 10.5. The van der Waals surface area contributed by atoms with E-state index in [1.165, 1.54) is 4.31 Å². The van der Waals surface area contributed by atoms with Crippen LogP contribution < -0.4 is 0 Å². The second-order valence-corrected chi connectivity index (χ2v) is 5.05. The highest BCUT2D eigenvalue weighted by atomic mass is 32.2. The molecule has 6 nitrogen and oxygen atoms in total. The third-order valence-electron chi connectivity index (χ3n) is 2.20. The number of carboxylic acid groups (broad SMARTS) is 1. The summed E-state index contributed by atoms with van der Waals surface area (Å²) in [7, 11) is -3.61. The molecule has 1 fully saturated rings. The Morgan fingerprint density at radius 3 is 2.47 bits per heavy atom. The average Bonchev–Trinajstić information content (AvgIpc) is 2.46. The molecular formula is C8H9NO5S. The number of aromatic carboxylic acids is 1. The molecule has 0 spiro atoms. The van der Waals surface area contributed by atoms with Crippen molar-refractivity contribution in [1.82, 2.24) is 4.31 Å². The summed E-state index contributed by atoms with van der Waals surface area (Å²) in [6, 6.07) is 2.30. The quantitative estimate of drug-likeness (QED) is 0.812. The fourth-order valence-corrected chi connectivity index (χ4v) is 2.66. The lowest BCUT2D eigenvalue weighted by atomic mass is 10.3. The lowest BCUT2D eigenvalue weighted by molar-refractivity contribution is 0.0656. The van der Waals surface area contributed by atoms with Gasteiger partial charge in [-0.1, -0.05) is 0 Å². The SMILES string of the molecule is O=C(O)c1ccc(S(=O)(=O)N2CCC2)o1. The Balaban J connectivity index is 2.32. The van der Waals surface area contributed by atoms with Crippen molar-refractivity contribution in [3.63, 3.8) is 0 Å². The lowest BCUT2D eigenvalue weighted by Gasteiger charge is -2.28. The van der Waals surface area contributed by atoms with Gasteiger partial charge in [-0.05, 0) is 18.6 Å². The van der Waals surface area contributed by atoms with Gasteiger partial charge in [-0.3, -0.25) is 0 Å². The highest BCUT2D eigenvalue weighted by Gasteiger charge is 2.32. The van der Waals surface area contributed by atoms with Gasteiger partial charge in [0.25, 0.3) is 10.0 Å². The Morgan fingerprint density at radius 2 is 2.07 bits per heavy atom. The second-order valence-electron chi connectivity index (χ2n) is 3.18. The fraction of sp³-hybridized carbons (Fsp3) is 0.375. The van der Waals surface area contributed by atoms with Crippen LogP contribution in [0.25, 0.3) is 0 Å². The van der Waals surface area contributed by atoms with E-state index in [1.807, 2.05) is 0 Å². The van der Waals surface area contributed by atoms with Crippen molar-refractivity contribution in [2.75, 3.05) is 13.1 Å². The first-order valence-electron chi connectivity index (χ1n) is 4.35. The van der Waals surface area contributed by atoms with Crippen molar-refractivity contribution in [2.24, 2.45) is 0 Å². The molecule has 0 amide bonds. The van der Waals surface area contributed by atoms with E-state index in [0.717, 1.165) is 18.6 Å². The Morgan fingerprint density at radius 1 is 1.40 bits per heavy atom. The van der Waals surface area contributed by atoms with Gasteiger partial charge in [0, 0.05) is 13.1 Å². The number of hydrogen-bond donors (Lipinski definition) is 1. The monoisotopic (exact) mass is 231 g/mol. The third-order valence-corrected chi connectivity index (χ3v) is 3.97. The predicted molar refractivity (Wildman–Crippen MR) is 49.0 cm³/mol. The van der Waals surface area contributed by atoms with E-state index in [-0.39, 0.29) is 10.9 Å². The summed E-state index contributed by atoms with van der Waals surface area (Å²) >= 11 is 0. The van der Waals surface area contributed by atoms with Gasteiger partial charge in [0.1, 0.15) is 0 Å². The minimum absolute atomic E-state index is 0.306. The maximum atomic E-state index is 11.7. The molecule has 0 aromatic carbocycles. The summed E-state index contributed by atoms with van der Waals surface area (Å²) in [5.41, 5.74) is 0. The van der Waals surface area contributed by atoms with Crippen molar-refractivity contribution in [2.45, 2.75) is 11.5 Å². The molecule has 1 aromatic rings. The molecule has 82 valence electrons. The van der Waals surface area contributed by atoms with E-state index in [4.69, 9.17) is 9.52 Å². The van der Waals surface area contributed by atoms with E-state index in [2.05, 4.69) is 0 Å². The van der Waals surface area contributed by atoms with Gasteiger partial charge in [0.15, 0.2) is 0 Å². The molecule has 0 atom stereocenters. The molecule has 1 aromatic heterocycles. The molecule has 7 heteroatoms. The molecule has 0 radical (unpaired) electrons. The standard InChI is InChI=1S/C8H9NO5S/c10-8(11)6-2-3-7(14-6)15(12,13)9-4-1-5-9/h2-3H,1,4-5H2,(H,10,11). The molecule has 1 N–H and O–H groups in total. The number of carboxylic acids is 1. The smallest absolute Gasteiger partial charge is 0.371 e. The van der Waals surface area contributed by atoms with Crippen LogP contribution in [0.2, 0.25) is 0 Å². The first kappa shape index (κ1) is 10.2. The zero-order valence-electron chi connectivity index (χ0n) is 7.71. The van der Waals surface area contributed by atoms with Crippen LogP contribution in [0.4, 0.5) is 0 Å². The summed E-state index contributed by atoms with van der Waals surface area (Å²) in [5, 5.41) is 8.27. The molecule has 0 aliphatic carbocycles. The maximum Gasteiger partial charge on any atom is 0.371 e. The number of rotatable bonds is 3. The molecule has 2 heterocycles. The topological polar surface area (TPSA) is 87.8 Å². The molecular weight excluding hydrogens is 222 g/mol. The van der Waals surface area contributed by atoms with Crippen molar-refractivity contribution in [3.05, 3.63) is 17.9 Å². The minimum atomic E-state index is -3.61. The van der Waals surface area contributed by atoms with Crippen LogP contribution in [0.5, 0.6) is 0 Å². The van der Waals surface area contributed by atoms with Gasteiger partial charge in [0.05, 0.1) is 0 Å². The Kier molecular flexibility index (Phi) is 2.28. The average molecular weight is 231 g/mol. The van der Waals surface area contributed by atoms with Crippen molar-refractivity contribution in [3.8, 4) is 0 Å². The molecule has 1 aliphatic heterocycles. The van der Waals surface area contributed by atoms with Crippen LogP contribution in [0.1, 0.15) is 17.0 Å². The van der Waals surface area contributed by atoms with Crippen LogP contribution >= 0.6 is 0 Å². The lowest BCUT2D eigenvalue weighted by Crippen LogP contribution is -2.41. The van der Waals surface area contributed by atoms with Crippen LogP contribution in [0.15, 0.2) is 21.6 Å². The molecule has 0 saturated carbocycles. The second kappa shape index (κ2) is 3.35. The van der Waals surface area contributed by atoms with E-state index in [9.17, 15) is 13.2 Å².